The second kappa shape index (κ2) is 6.49. The Morgan fingerprint density at radius 1 is 1.35 bits per heavy atom. The highest BCUT2D eigenvalue weighted by molar-refractivity contribution is 6.33. The summed E-state index contributed by atoms with van der Waals surface area (Å²) < 4.78 is 0. The number of hydrogen-bond acceptors (Lipinski definition) is 2. The Kier molecular flexibility index (Phi) is 4.92. The Morgan fingerprint density at radius 2 is 2.10 bits per heavy atom. The fourth-order valence-corrected chi connectivity index (χ4v) is 3.18. The Hall–Kier alpha value is -1.22. The predicted molar refractivity (Wildman–Crippen MR) is 82.8 cm³/mol. The summed E-state index contributed by atoms with van der Waals surface area (Å²) in [6.07, 6.45) is 3.65. The Morgan fingerprint density at radius 3 is 2.70 bits per heavy atom. The number of nitrogens with zero attached hydrogens (tertiary/aromatic N) is 1. The number of carboxylic acids is 1. The first-order valence-corrected chi connectivity index (χ1v) is 7.64. The smallest absolute Gasteiger partial charge is 0.337 e. The van der Waals surface area contributed by atoms with E-state index in [-0.39, 0.29) is 5.56 Å². The van der Waals surface area contributed by atoms with Gasteiger partial charge >= 0.3 is 5.97 Å². The van der Waals surface area contributed by atoms with Crippen molar-refractivity contribution in [1.29, 1.82) is 0 Å². The molecule has 0 radical (unpaired) electrons. The fraction of sp³-hybridized carbons (Fsp3) is 0.562. The van der Waals surface area contributed by atoms with E-state index in [9.17, 15) is 4.79 Å². The van der Waals surface area contributed by atoms with Crippen LogP contribution in [-0.2, 0) is 0 Å². The highest BCUT2D eigenvalue weighted by Gasteiger charge is 2.20. The molecule has 1 aliphatic heterocycles. The molecule has 3 nitrogen and oxygen atoms in total. The van der Waals surface area contributed by atoms with E-state index in [0.717, 1.165) is 30.6 Å². The number of carbonyl (C=O) groups is 1. The van der Waals surface area contributed by atoms with Crippen LogP contribution in [0, 0.1) is 11.8 Å². The number of carboxylic acid groups (broad SMARTS) is 1. The molecule has 1 aromatic carbocycles. The van der Waals surface area contributed by atoms with Crippen LogP contribution >= 0.6 is 11.6 Å². The molecule has 1 unspecified atom stereocenters. The van der Waals surface area contributed by atoms with Crippen LogP contribution in [0.15, 0.2) is 18.2 Å². The minimum Gasteiger partial charge on any atom is -0.478 e. The molecule has 0 bridgehead atoms. The van der Waals surface area contributed by atoms with Crippen molar-refractivity contribution in [2.45, 2.75) is 33.1 Å². The minimum absolute atomic E-state index is 0.172. The lowest BCUT2D eigenvalue weighted by Gasteiger charge is -2.24. The number of rotatable bonds is 3. The minimum atomic E-state index is -0.975. The Bertz CT molecular complexity index is 487. The first-order valence-electron chi connectivity index (χ1n) is 7.27. The van der Waals surface area contributed by atoms with Crippen LogP contribution < -0.4 is 4.90 Å². The van der Waals surface area contributed by atoms with Crippen LogP contribution in [0.2, 0.25) is 5.02 Å². The molecule has 1 atom stereocenters. The summed E-state index contributed by atoms with van der Waals surface area (Å²) in [7, 11) is 0. The van der Waals surface area contributed by atoms with E-state index in [0.29, 0.717) is 5.02 Å². The van der Waals surface area contributed by atoms with E-state index in [1.165, 1.54) is 19.3 Å². The van der Waals surface area contributed by atoms with Gasteiger partial charge in [-0.15, -0.1) is 0 Å². The molecule has 4 heteroatoms. The van der Waals surface area contributed by atoms with Gasteiger partial charge in [-0.2, -0.15) is 0 Å². The van der Waals surface area contributed by atoms with E-state index in [1.807, 2.05) is 6.07 Å². The van der Waals surface area contributed by atoms with Crippen LogP contribution in [0.1, 0.15) is 43.5 Å². The number of aromatic carboxylic acids is 1. The van der Waals surface area contributed by atoms with Crippen LogP contribution in [-0.4, -0.2) is 24.2 Å². The first kappa shape index (κ1) is 15.2. The summed E-state index contributed by atoms with van der Waals surface area (Å²) in [6.45, 7) is 6.62. The van der Waals surface area contributed by atoms with Gasteiger partial charge in [0.25, 0.3) is 0 Å². The maximum Gasteiger partial charge on any atom is 0.337 e. The highest BCUT2D eigenvalue weighted by Crippen LogP contribution is 2.29. The van der Waals surface area contributed by atoms with Crippen molar-refractivity contribution in [1.82, 2.24) is 0 Å². The van der Waals surface area contributed by atoms with Crippen LogP contribution in [0.5, 0.6) is 0 Å². The highest BCUT2D eigenvalue weighted by atomic mass is 35.5. The van der Waals surface area contributed by atoms with E-state index < -0.39 is 5.97 Å². The Labute approximate surface area is 125 Å². The van der Waals surface area contributed by atoms with Gasteiger partial charge in [0.2, 0.25) is 0 Å². The maximum atomic E-state index is 11.0. The molecule has 20 heavy (non-hydrogen) atoms. The van der Waals surface area contributed by atoms with Gasteiger partial charge in [-0.25, -0.2) is 4.79 Å². The van der Waals surface area contributed by atoms with Crippen molar-refractivity contribution in [3.63, 3.8) is 0 Å². The molecule has 1 aliphatic rings. The Balaban J connectivity index is 2.12. The second-order valence-electron chi connectivity index (χ2n) is 5.89. The van der Waals surface area contributed by atoms with Gasteiger partial charge in [0.1, 0.15) is 0 Å². The van der Waals surface area contributed by atoms with E-state index in [2.05, 4.69) is 18.7 Å². The van der Waals surface area contributed by atoms with Gasteiger partial charge in [0.15, 0.2) is 0 Å². The van der Waals surface area contributed by atoms with Gasteiger partial charge in [-0.05, 0) is 49.3 Å². The van der Waals surface area contributed by atoms with Crippen molar-refractivity contribution in [2.24, 2.45) is 11.8 Å². The number of hydrogen-bond donors (Lipinski definition) is 1. The van der Waals surface area contributed by atoms with E-state index >= 15 is 0 Å². The molecule has 0 spiro atoms. The molecule has 0 aliphatic carbocycles. The van der Waals surface area contributed by atoms with Crippen molar-refractivity contribution in [3.05, 3.63) is 28.8 Å². The van der Waals surface area contributed by atoms with Gasteiger partial charge < -0.3 is 10.0 Å². The summed E-state index contributed by atoms with van der Waals surface area (Å²) in [5.41, 5.74) is 1.20. The quantitative estimate of drug-likeness (QED) is 0.904. The topological polar surface area (TPSA) is 40.5 Å². The zero-order valence-corrected chi connectivity index (χ0v) is 12.9. The van der Waals surface area contributed by atoms with E-state index in [4.69, 9.17) is 16.7 Å². The molecule has 1 aromatic rings. The lowest BCUT2D eigenvalue weighted by molar-refractivity contribution is 0.0697. The van der Waals surface area contributed by atoms with Gasteiger partial charge in [0, 0.05) is 18.8 Å². The molecule has 1 fully saturated rings. The van der Waals surface area contributed by atoms with Gasteiger partial charge in [-0.1, -0.05) is 25.4 Å². The molecule has 1 N–H and O–H groups in total. The second-order valence-corrected chi connectivity index (χ2v) is 6.30. The average Bonchev–Trinajstić information content (AvgIpc) is 2.63. The van der Waals surface area contributed by atoms with Crippen molar-refractivity contribution in [2.75, 3.05) is 18.0 Å². The van der Waals surface area contributed by atoms with Crippen molar-refractivity contribution >= 4 is 23.3 Å². The fourth-order valence-electron chi connectivity index (χ4n) is 2.92. The molecule has 0 saturated carbocycles. The van der Waals surface area contributed by atoms with Gasteiger partial charge in [0.05, 0.1) is 10.6 Å². The molecule has 2 rings (SSSR count). The molecular formula is C16H22ClNO2. The summed E-state index contributed by atoms with van der Waals surface area (Å²) in [5.74, 6) is 0.541. The van der Waals surface area contributed by atoms with E-state index in [1.54, 1.807) is 12.1 Å². The van der Waals surface area contributed by atoms with Crippen molar-refractivity contribution < 1.29 is 9.90 Å². The molecule has 1 saturated heterocycles. The number of halogens is 1. The first-order chi connectivity index (χ1) is 9.49. The molecule has 1 heterocycles. The van der Waals surface area contributed by atoms with Crippen molar-refractivity contribution in [3.8, 4) is 0 Å². The standard InChI is InChI=1S/C16H22ClNO2/c1-11(2)12-4-3-8-18(9-7-12)13-5-6-14(16(19)20)15(17)10-13/h5-6,10-12H,3-4,7-9H2,1-2H3,(H,19,20). The predicted octanol–water partition coefficient (Wildman–Crippen LogP) is 4.30. The van der Waals surface area contributed by atoms with Gasteiger partial charge in [-0.3, -0.25) is 0 Å². The third-order valence-corrected chi connectivity index (χ3v) is 4.58. The summed E-state index contributed by atoms with van der Waals surface area (Å²) >= 11 is 6.06. The normalized spacial score (nSPS) is 20.0. The molecular weight excluding hydrogens is 274 g/mol. The van der Waals surface area contributed by atoms with Crippen LogP contribution in [0.25, 0.3) is 0 Å². The summed E-state index contributed by atoms with van der Waals surface area (Å²) in [6, 6.07) is 5.25. The SMILES string of the molecule is CC(C)C1CCCN(c2ccc(C(=O)O)c(Cl)c2)CC1. The largest absolute Gasteiger partial charge is 0.478 e. The molecule has 0 aromatic heterocycles. The summed E-state index contributed by atoms with van der Waals surface area (Å²) in [4.78, 5) is 13.3. The monoisotopic (exact) mass is 295 g/mol. The third-order valence-electron chi connectivity index (χ3n) is 4.26. The summed E-state index contributed by atoms with van der Waals surface area (Å²) in [5, 5.41) is 9.33. The molecule has 0 amide bonds. The zero-order chi connectivity index (χ0) is 14.7. The average molecular weight is 296 g/mol. The number of anilines is 1. The third kappa shape index (κ3) is 3.45. The molecule has 110 valence electrons. The lowest BCUT2D eigenvalue weighted by atomic mass is 9.89. The lowest BCUT2D eigenvalue weighted by Crippen LogP contribution is -2.24. The zero-order valence-electron chi connectivity index (χ0n) is 12.1. The number of benzene rings is 1. The van der Waals surface area contributed by atoms with Crippen LogP contribution in [0.4, 0.5) is 5.69 Å². The maximum absolute atomic E-state index is 11.0. The van der Waals surface area contributed by atoms with Crippen LogP contribution in [0.3, 0.4) is 0 Å².